The Balaban J connectivity index is 1.62. The molecule has 200 valence electrons. The fourth-order valence-electron chi connectivity index (χ4n) is 4.54. The lowest BCUT2D eigenvalue weighted by molar-refractivity contribution is -0.340. The number of ether oxygens (including phenoxy) is 5. The second kappa shape index (κ2) is 12.0. The molecular formula is C28H35NO8. The molecule has 8 atom stereocenters. The van der Waals surface area contributed by atoms with Crippen LogP contribution in [0.25, 0.3) is 0 Å². The molecule has 2 aromatic rings. The van der Waals surface area contributed by atoms with Gasteiger partial charge in [0.05, 0.1) is 6.61 Å². The molecule has 2 aromatic carbocycles. The molecule has 2 N–H and O–H groups in total. The molecule has 0 bridgehead atoms. The van der Waals surface area contributed by atoms with Gasteiger partial charge in [0.1, 0.15) is 30.1 Å². The zero-order valence-electron chi connectivity index (χ0n) is 21.5. The summed E-state index contributed by atoms with van der Waals surface area (Å²) in [6.07, 6.45) is -4.01. The lowest BCUT2D eigenvalue weighted by atomic mass is 9.95. The molecule has 2 aliphatic rings. The summed E-state index contributed by atoms with van der Waals surface area (Å²) in [6, 6.07) is 16.3. The molecule has 9 heteroatoms. The predicted octanol–water partition coefficient (Wildman–Crippen LogP) is 3.78. The lowest BCUT2D eigenvalue weighted by Crippen LogP contribution is -2.68. The van der Waals surface area contributed by atoms with E-state index in [2.05, 4.69) is 19.2 Å². The maximum Gasteiger partial charge on any atom is 0.332 e. The van der Waals surface area contributed by atoms with Crippen LogP contribution in [-0.4, -0.2) is 60.3 Å². The number of fused-ring (bicyclic) bond motifs is 1. The van der Waals surface area contributed by atoms with Crippen molar-refractivity contribution in [2.24, 2.45) is 0 Å². The Morgan fingerprint density at radius 1 is 1.08 bits per heavy atom. The summed E-state index contributed by atoms with van der Waals surface area (Å²) < 4.78 is 30.6. The Kier molecular flexibility index (Phi) is 8.81. The highest BCUT2D eigenvalue weighted by Crippen LogP contribution is 2.36. The van der Waals surface area contributed by atoms with E-state index >= 15 is 0 Å². The highest BCUT2D eigenvalue weighted by atomic mass is 16.8. The highest BCUT2D eigenvalue weighted by Gasteiger charge is 2.52. The third-order valence-electron chi connectivity index (χ3n) is 6.80. The van der Waals surface area contributed by atoms with E-state index < -0.39 is 49.0 Å². The third kappa shape index (κ3) is 6.48. The van der Waals surface area contributed by atoms with E-state index in [1.807, 2.05) is 54.6 Å². The first-order valence-electron chi connectivity index (χ1n) is 12.7. The van der Waals surface area contributed by atoms with Crippen LogP contribution in [0.15, 0.2) is 54.6 Å². The van der Waals surface area contributed by atoms with Crippen LogP contribution >= 0.6 is 0 Å². The van der Waals surface area contributed by atoms with Crippen LogP contribution in [0.3, 0.4) is 0 Å². The van der Waals surface area contributed by atoms with Gasteiger partial charge in [-0.25, -0.2) is 4.79 Å². The molecule has 0 aliphatic carbocycles. The zero-order valence-corrected chi connectivity index (χ0v) is 21.5. The van der Waals surface area contributed by atoms with E-state index in [-0.39, 0.29) is 12.5 Å². The van der Waals surface area contributed by atoms with Gasteiger partial charge in [-0.05, 0) is 37.0 Å². The minimum atomic E-state index is -1.16. The Hall–Kier alpha value is -2.98. The SMILES string of the molecule is CC[C@@H](C)c1ccc(O[C@H]2O[C@H]3CO[C@H](c4ccccc4)O[C@@H]3[C@@H](O[C@@H](C)C(=O)O)[C@H]2NC(C)=O)cc1. The highest BCUT2D eigenvalue weighted by molar-refractivity contribution is 5.73. The number of amides is 1. The van der Waals surface area contributed by atoms with Gasteiger partial charge in [-0.15, -0.1) is 0 Å². The van der Waals surface area contributed by atoms with Crippen LogP contribution in [0.4, 0.5) is 0 Å². The van der Waals surface area contributed by atoms with E-state index in [9.17, 15) is 14.7 Å². The van der Waals surface area contributed by atoms with Crippen molar-refractivity contribution >= 4 is 11.9 Å². The predicted molar refractivity (Wildman–Crippen MR) is 134 cm³/mol. The third-order valence-corrected chi connectivity index (χ3v) is 6.80. The standard InChI is InChI=1S/C28H35NO8/c1-5-16(2)19-11-13-21(14-12-19)35-28-23(29-18(4)30)25(34-17(3)26(31)32)24-22(36-28)15-33-27(37-24)20-9-7-6-8-10-20/h6-14,16-17,22-25,27-28H,5,15H2,1-4H3,(H,29,30)(H,31,32)/t16-,17+,22+,23-,24+,25+,27+,28+/m1/s1. The van der Waals surface area contributed by atoms with Gasteiger partial charge in [-0.3, -0.25) is 4.79 Å². The molecule has 0 spiro atoms. The fourth-order valence-corrected chi connectivity index (χ4v) is 4.54. The second-order valence-corrected chi connectivity index (χ2v) is 9.52. The summed E-state index contributed by atoms with van der Waals surface area (Å²) in [5.74, 6) is -0.502. The van der Waals surface area contributed by atoms with Crippen LogP contribution in [0, 0.1) is 0 Å². The van der Waals surface area contributed by atoms with Gasteiger partial charge < -0.3 is 34.1 Å². The minimum absolute atomic E-state index is 0.172. The molecule has 2 fully saturated rings. The van der Waals surface area contributed by atoms with Crippen LogP contribution in [0.1, 0.15) is 57.5 Å². The molecule has 9 nitrogen and oxygen atoms in total. The number of hydrogen-bond donors (Lipinski definition) is 2. The number of aliphatic carboxylic acids is 1. The van der Waals surface area contributed by atoms with Crippen LogP contribution in [0.5, 0.6) is 5.75 Å². The van der Waals surface area contributed by atoms with Crippen LogP contribution < -0.4 is 10.1 Å². The molecule has 2 aliphatic heterocycles. The van der Waals surface area contributed by atoms with Gasteiger partial charge in [0.2, 0.25) is 12.2 Å². The van der Waals surface area contributed by atoms with E-state index in [0.29, 0.717) is 11.7 Å². The minimum Gasteiger partial charge on any atom is -0.479 e. The summed E-state index contributed by atoms with van der Waals surface area (Å²) in [5, 5.41) is 12.4. The zero-order chi connectivity index (χ0) is 26.5. The molecule has 2 saturated heterocycles. The van der Waals surface area contributed by atoms with Gasteiger partial charge >= 0.3 is 5.97 Å². The second-order valence-electron chi connectivity index (χ2n) is 9.52. The number of carboxylic acids is 1. The maximum absolute atomic E-state index is 12.2. The van der Waals surface area contributed by atoms with Gasteiger partial charge in [0.15, 0.2) is 12.4 Å². The first kappa shape index (κ1) is 27.1. The van der Waals surface area contributed by atoms with E-state index in [1.54, 1.807) is 0 Å². The van der Waals surface area contributed by atoms with Crippen molar-refractivity contribution in [1.82, 2.24) is 5.32 Å². The first-order valence-corrected chi connectivity index (χ1v) is 12.7. The maximum atomic E-state index is 12.2. The number of rotatable bonds is 9. The van der Waals surface area contributed by atoms with E-state index in [0.717, 1.165) is 12.0 Å². The Labute approximate surface area is 217 Å². The number of carbonyl (C=O) groups is 2. The molecular weight excluding hydrogens is 478 g/mol. The monoisotopic (exact) mass is 513 g/mol. The van der Waals surface area contributed by atoms with Gasteiger partial charge in [0.25, 0.3) is 0 Å². The van der Waals surface area contributed by atoms with Crippen LogP contribution in [0.2, 0.25) is 0 Å². The number of carboxylic acid groups (broad SMARTS) is 1. The van der Waals surface area contributed by atoms with Crippen molar-refractivity contribution in [3.8, 4) is 5.75 Å². The summed E-state index contributed by atoms with van der Waals surface area (Å²) in [7, 11) is 0. The number of carbonyl (C=O) groups excluding carboxylic acids is 1. The molecule has 0 radical (unpaired) electrons. The molecule has 1 amide bonds. The summed E-state index contributed by atoms with van der Waals surface area (Å²) in [4.78, 5) is 23.9. The van der Waals surface area contributed by atoms with Crippen LogP contribution in [-0.2, 0) is 28.5 Å². The van der Waals surface area contributed by atoms with Crippen molar-refractivity contribution in [2.45, 2.75) is 83.1 Å². The fraction of sp³-hybridized carbons (Fsp3) is 0.500. The molecule has 2 heterocycles. The summed E-state index contributed by atoms with van der Waals surface area (Å²) in [5.41, 5.74) is 2.00. The molecule has 0 unspecified atom stereocenters. The van der Waals surface area contributed by atoms with Gasteiger partial charge in [-0.2, -0.15) is 0 Å². The largest absolute Gasteiger partial charge is 0.479 e. The summed E-state index contributed by atoms with van der Waals surface area (Å²) >= 11 is 0. The van der Waals surface area contributed by atoms with Crippen molar-refractivity contribution in [3.05, 3.63) is 65.7 Å². The molecule has 0 aromatic heterocycles. The van der Waals surface area contributed by atoms with E-state index in [1.165, 1.54) is 19.4 Å². The van der Waals surface area contributed by atoms with Crippen molar-refractivity contribution < 1.29 is 38.4 Å². The molecule has 37 heavy (non-hydrogen) atoms. The Bertz CT molecular complexity index is 1050. The average molecular weight is 514 g/mol. The number of hydrogen-bond acceptors (Lipinski definition) is 7. The first-order chi connectivity index (χ1) is 17.8. The quantitative estimate of drug-likeness (QED) is 0.521. The smallest absolute Gasteiger partial charge is 0.332 e. The Morgan fingerprint density at radius 2 is 1.78 bits per heavy atom. The average Bonchev–Trinajstić information content (AvgIpc) is 2.90. The number of nitrogens with one attached hydrogen (secondary N) is 1. The van der Waals surface area contributed by atoms with Crippen molar-refractivity contribution in [3.63, 3.8) is 0 Å². The topological polar surface area (TPSA) is 113 Å². The van der Waals surface area contributed by atoms with Gasteiger partial charge in [0, 0.05) is 12.5 Å². The molecule has 4 rings (SSSR count). The van der Waals surface area contributed by atoms with Crippen molar-refractivity contribution in [1.29, 1.82) is 0 Å². The normalized spacial score (nSPS) is 29.0. The molecule has 0 saturated carbocycles. The summed E-state index contributed by atoms with van der Waals surface area (Å²) in [6.45, 7) is 7.28. The lowest BCUT2D eigenvalue weighted by Gasteiger charge is -2.49. The Morgan fingerprint density at radius 3 is 2.41 bits per heavy atom. The van der Waals surface area contributed by atoms with Crippen molar-refractivity contribution in [2.75, 3.05) is 6.61 Å². The van der Waals surface area contributed by atoms with Gasteiger partial charge in [-0.1, -0.05) is 56.3 Å². The van der Waals surface area contributed by atoms with E-state index in [4.69, 9.17) is 23.7 Å². The number of benzene rings is 2.